The van der Waals surface area contributed by atoms with Crippen molar-refractivity contribution in [3.63, 3.8) is 0 Å². The Labute approximate surface area is 127 Å². The number of fused-ring (bicyclic) bond motifs is 1. The molecular weight excluding hydrogens is 274 g/mol. The molecular formula is C17H13N5. The summed E-state index contributed by atoms with van der Waals surface area (Å²) in [6.07, 6.45) is 3.43. The maximum Gasteiger partial charge on any atom is 0.155 e. The number of pyridine rings is 1. The van der Waals surface area contributed by atoms with Crippen LogP contribution in [0.3, 0.4) is 0 Å². The monoisotopic (exact) mass is 287 g/mol. The van der Waals surface area contributed by atoms with Crippen molar-refractivity contribution in [3.8, 4) is 16.9 Å². The molecule has 4 aromatic rings. The second kappa shape index (κ2) is 4.96. The summed E-state index contributed by atoms with van der Waals surface area (Å²) >= 11 is 0. The lowest BCUT2D eigenvalue weighted by Gasteiger charge is -2.07. The van der Waals surface area contributed by atoms with Crippen molar-refractivity contribution in [2.45, 2.75) is 0 Å². The number of hydrogen-bond acceptors (Lipinski definition) is 4. The summed E-state index contributed by atoms with van der Waals surface area (Å²) in [6, 6.07) is 17.9. The van der Waals surface area contributed by atoms with Crippen LogP contribution in [0.5, 0.6) is 0 Å². The van der Waals surface area contributed by atoms with Gasteiger partial charge in [-0.05, 0) is 23.6 Å². The van der Waals surface area contributed by atoms with E-state index in [4.69, 9.17) is 5.73 Å². The first-order chi connectivity index (χ1) is 10.8. The van der Waals surface area contributed by atoms with Crippen molar-refractivity contribution in [1.29, 1.82) is 0 Å². The number of rotatable bonds is 2. The molecule has 0 unspecified atom stereocenters. The van der Waals surface area contributed by atoms with Gasteiger partial charge < -0.3 is 5.73 Å². The van der Waals surface area contributed by atoms with Crippen molar-refractivity contribution in [3.05, 3.63) is 67.0 Å². The second-order valence-corrected chi connectivity index (χ2v) is 4.97. The number of nitrogen functional groups attached to an aromatic ring is 1. The summed E-state index contributed by atoms with van der Waals surface area (Å²) in [5.74, 6) is 0.516. The van der Waals surface area contributed by atoms with Gasteiger partial charge in [-0.1, -0.05) is 41.6 Å². The zero-order valence-electron chi connectivity index (χ0n) is 11.7. The first kappa shape index (κ1) is 12.5. The molecule has 0 bridgehead atoms. The standard InChI is InChI=1S/C17H13N5/c18-17-16(13-8-10-19-11-9-13)20-21-22(17)15-7-3-5-12-4-1-2-6-14(12)15/h1-11H,18H2. The van der Waals surface area contributed by atoms with Crippen LogP contribution >= 0.6 is 0 Å². The SMILES string of the molecule is Nc1c(-c2ccncc2)nnn1-c1cccc2ccccc12. The highest BCUT2D eigenvalue weighted by Gasteiger charge is 2.14. The van der Waals surface area contributed by atoms with Gasteiger partial charge in [-0.2, -0.15) is 4.68 Å². The number of anilines is 1. The van der Waals surface area contributed by atoms with E-state index in [9.17, 15) is 0 Å². The normalized spacial score (nSPS) is 10.9. The first-order valence-electron chi connectivity index (χ1n) is 6.94. The largest absolute Gasteiger partial charge is 0.382 e. The minimum absolute atomic E-state index is 0.516. The minimum atomic E-state index is 0.516. The highest BCUT2D eigenvalue weighted by Crippen LogP contribution is 2.28. The summed E-state index contributed by atoms with van der Waals surface area (Å²) < 4.78 is 1.68. The van der Waals surface area contributed by atoms with Crippen LogP contribution in [0.15, 0.2) is 67.0 Å². The fourth-order valence-electron chi connectivity index (χ4n) is 2.58. The van der Waals surface area contributed by atoms with Crippen LogP contribution in [0.25, 0.3) is 27.7 Å². The van der Waals surface area contributed by atoms with E-state index in [0.717, 1.165) is 22.0 Å². The molecule has 4 rings (SSSR count). The van der Waals surface area contributed by atoms with Crippen LogP contribution in [-0.2, 0) is 0 Å². The summed E-state index contributed by atoms with van der Waals surface area (Å²) in [6.45, 7) is 0. The lowest BCUT2D eigenvalue weighted by atomic mass is 10.1. The number of nitrogens with zero attached hydrogens (tertiary/aromatic N) is 4. The molecule has 0 radical (unpaired) electrons. The third kappa shape index (κ3) is 1.91. The van der Waals surface area contributed by atoms with Crippen LogP contribution in [0.1, 0.15) is 0 Å². The van der Waals surface area contributed by atoms with Gasteiger partial charge in [-0.25, -0.2) is 0 Å². The van der Waals surface area contributed by atoms with E-state index in [1.54, 1.807) is 17.1 Å². The third-order valence-electron chi connectivity index (χ3n) is 3.65. The fourth-order valence-corrected chi connectivity index (χ4v) is 2.58. The second-order valence-electron chi connectivity index (χ2n) is 4.97. The summed E-state index contributed by atoms with van der Waals surface area (Å²) in [7, 11) is 0. The average molecular weight is 287 g/mol. The maximum absolute atomic E-state index is 6.28. The van der Waals surface area contributed by atoms with Gasteiger partial charge in [0.25, 0.3) is 0 Å². The van der Waals surface area contributed by atoms with Crippen LogP contribution in [0.4, 0.5) is 5.82 Å². The molecule has 0 atom stereocenters. The highest BCUT2D eigenvalue weighted by molar-refractivity contribution is 5.90. The van der Waals surface area contributed by atoms with Crippen LogP contribution in [0.2, 0.25) is 0 Å². The molecule has 22 heavy (non-hydrogen) atoms. The molecule has 2 heterocycles. The van der Waals surface area contributed by atoms with E-state index in [2.05, 4.69) is 33.5 Å². The fraction of sp³-hybridized carbons (Fsp3) is 0. The molecule has 0 saturated heterocycles. The van der Waals surface area contributed by atoms with Gasteiger partial charge in [0.1, 0.15) is 5.69 Å². The predicted molar refractivity (Wildman–Crippen MR) is 86.5 cm³/mol. The lowest BCUT2D eigenvalue weighted by Crippen LogP contribution is -2.03. The van der Waals surface area contributed by atoms with E-state index >= 15 is 0 Å². The van der Waals surface area contributed by atoms with Crippen molar-refractivity contribution >= 4 is 16.6 Å². The maximum atomic E-state index is 6.28. The Morgan fingerprint density at radius 3 is 2.50 bits per heavy atom. The van der Waals surface area contributed by atoms with Crippen molar-refractivity contribution in [1.82, 2.24) is 20.0 Å². The molecule has 5 heteroatoms. The summed E-state index contributed by atoms with van der Waals surface area (Å²) in [5.41, 5.74) is 8.76. The number of hydrogen-bond donors (Lipinski definition) is 1. The van der Waals surface area contributed by atoms with Crippen LogP contribution in [0, 0.1) is 0 Å². The highest BCUT2D eigenvalue weighted by atomic mass is 15.5. The Balaban J connectivity index is 1.92. The van der Waals surface area contributed by atoms with E-state index in [1.165, 1.54) is 0 Å². The molecule has 0 aliphatic rings. The smallest absolute Gasteiger partial charge is 0.155 e. The quantitative estimate of drug-likeness (QED) is 0.615. The molecule has 0 aliphatic heterocycles. The molecule has 2 aromatic carbocycles. The van der Waals surface area contributed by atoms with Gasteiger partial charge in [-0.15, -0.1) is 5.10 Å². The first-order valence-corrected chi connectivity index (χ1v) is 6.94. The number of nitrogens with two attached hydrogens (primary N) is 1. The Bertz CT molecular complexity index is 938. The van der Waals surface area contributed by atoms with E-state index < -0.39 is 0 Å². The minimum Gasteiger partial charge on any atom is -0.382 e. The van der Waals surface area contributed by atoms with Crippen LogP contribution in [-0.4, -0.2) is 20.0 Å². The molecule has 0 spiro atoms. The van der Waals surface area contributed by atoms with Gasteiger partial charge in [-0.3, -0.25) is 4.98 Å². The molecule has 0 aliphatic carbocycles. The molecule has 2 N–H and O–H groups in total. The van der Waals surface area contributed by atoms with E-state index in [0.29, 0.717) is 11.5 Å². The predicted octanol–water partition coefficient (Wildman–Crippen LogP) is 3.06. The van der Waals surface area contributed by atoms with E-state index in [1.807, 2.05) is 36.4 Å². The average Bonchev–Trinajstić information content (AvgIpc) is 2.96. The number of aromatic nitrogens is 4. The summed E-state index contributed by atoms with van der Waals surface area (Å²) in [4.78, 5) is 4.01. The van der Waals surface area contributed by atoms with Crippen molar-refractivity contribution in [2.24, 2.45) is 0 Å². The molecule has 0 amide bonds. The van der Waals surface area contributed by atoms with Crippen LogP contribution < -0.4 is 5.73 Å². The van der Waals surface area contributed by atoms with Gasteiger partial charge in [0.05, 0.1) is 5.69 Å². The molecule has 0 saturated carbocycles. The van der Waals surface area contributed by atoms with Crippen molar-refractivity contribution < 1.29 is 0 Å². The topological polar surface area (TPSA) is 69.6 Å². The molecule has 106 valence electrons. The number of benzene rings is 2. The Hall–Kier alpha value is -3.21. The van der Waals surface area contributed by atoms with E-state index in [-0.39, 0.29) is 0 Å². The Kier molecular flexibility index (Phi) is 2.83. The third-order valence-corrected chi connectivity index (χ3v) is 3.65. The van der Waals surface area contributed by atoms with Gasteiger partial charge in [0.15, 0.2) is 5.82 Å². The van der Waals surface area contributed by atoms with Gasteiger partial charge in [0, 0.05) is 23.3 Å². The van der Waals surface area contributed by atoms with Gasteiger partial charge >= 0.3 is 0 Å². The Morgan fingerprint density at radius 1 is 0.864 bits per heavy atom. The van der Waals surface area contributed by atoms with Gasteiger partial charge in [0.2, 0.25) is 0 Å². The van der Waals surface area contributed by atoms with Crippen molar-refractivity contribution in [2.75, 3.05) is 5.73 Å². The lowest BCUT2D eigenvalue weighted by molar-refractivity contribution is 0.815. The zero-order chi connectivity index (χ0) is 14.9. The Morgan fingerprint density at radius 2 is 1.64 bits per heavy atom. The zero-order valence-corrected chi connectivity index (χ0v) is 11.7. The summed E-state index contributed by atoms with van der Waals surface area (Å²) in [5, 5.41) is 10.7. The molecule has 5 nitrogen and oxygen atoms in total. The molecule has 0 fully saturated rings. The molecule has 2 aromatic heterocycles.